The Kier molecular flexibility index (Phi) is 4.96. The van der Waals surface area contributed by atoms with Crippen LogP contribution in [0.1, 0.15) is 25.5 Å². The summed E-state index contributed by atoms with van der Waals surface area (Å²) in [6.45, 7) is 5.32. The molecule has 0 spiro atoms. The van der Waals surface area contributed by atoms with Crippen molar-refractivity contribution in [2.45, 2.75) is 26.2 Å². The Labute approximate surface area is 131 Å². The number of anilines is 1. The fraction of sp³-hybridized carbons (Fsp3) is 0.471. The Bertz CT molecular complexity index is 593. The molecule has 1 unspecified atom stereocenters. The minimum atomic E-state index is 0.679. The highest BCUT2D eigenvalue weighted by Gasteiger charge is 2.13. The molecule has 5 nitrogen and oxygen atoms in total. The van der Waals surface area contributed by atoms with Crippen molar-refractivity contribution in [2.75, 3.05) is 25.0 Å². The van der Waals surface area contributed by atoms with Gasteiger partial charge in [-0.3, -0.25) is 4.98 Å². The summed E-state index contributed by atoms with van der Waals surface area (Å²) in [6, 6.07) is 5.95. The molecule has 2 N–H and O–H groups in total. The second kappa shape index (κ2) is 7.31. The van der Waals surface area contributed by atoms with Crippen molar-refractivity contribution in [1.82, 2.24) is 20.3 Å². The predicted octanol–water partition coefficient (Wildman–Crippen LogP) is 2.51. The number of piperidine rings is 1. The van der Waals surface area contributed by atoms with Gasteiger partial charge in [-0.1, -0.05) is 6.92 Å². The van der Waals surface area contributed by atoms with E-state index in [-0.39, 0.29) is 0 Å². The molecule has 1 fully saturated rings. The van der Waals surface area contributed by atoms with E-state index in [0.29, 0.717) is 5.92 Å². The molecular weight excluding hydrogens is 274 g/mol. The first-order chi connectivity index (χ1) is 10.8. The molecule has 3 rings (SSSR count). The van der Waals surface area contributed by atoms with Crippen LogP contribution in [-0.4, -0.2) is 34.6 Å². The van der Waals surface area contributed by atoms with Crippen molar-refractivity contribution >= 4 is 5.82 Å². The van der Waals surface area contributed by atoms with Crippen LogP contribution in [0.4, 0.5) is 5.82 Å². The molecule has 22 heavy (non-hydrogen) atoms. The number of nitrogens with zero attached hydrogens (tertiary/aromatic N) is 3. The second-order valence-electron chi connectivity index (χ2n) is 5.75. The summed E-state index contributed by atoms with van der Waals surface area (Å²) in [4.78, 5) is 13.3. The maximum atomic E-state index is 4.67. The summed E-state index contributed by atoms with van der Waals surface area (Å²) < 4.78 is 0. The van der Waals surface area contributed by atoms with Gasteiger partial charge in [-0.15, -0.1) is 0 Å². The molecule has 2 aromatic heterocycles. The topological polar surface area (TPSA) is 62.7 Å². The van der Waals surface area contributed by atoms with E-state index in [2.05, 4.69) is 38.6 Å². The minimum Gasteiger partial charge on any atom is -0.370 e. The maximum absolute atomic E-state index is 4.67. The summed E-state index contributed by atoms with van der Waals surface area (Å²) in [5, 5.41) is 6.94. The van der Waals surface area contributed by atoms with E-state index in [1.165, 1.54) is 12.8 Å². The molecular formula is C17H23N5. The third kappa shape index (κ3) is 3.80. The summed E-state index contributed by atoms with van der Waals surface area (Å²) in [5.74, 6) is 2.37. The Hall–Kier alpha value is -2.01. The fourth-order valence-corrected chi connectivity index (χ4v) is 2.75. The van der Waals surface area contributed by atoms with E-state index in [4.69, 9.17) is 0 Å². The molecule has 0 aromatic carbocycles. The summed E-state index contributed by atoms with van der Waals surface area (Å²) >= 11 is 0. The first-order valence-electron chi connectivity index (χ1n) is 8.08. The van der Waals surface area contributed by atoms with Crippen LogP contribution in [0.25, 0.3) is 11.4 Å². The lowest BCUT2D eigenvalue weighted by Crippen LogP contribution is -2.33. The van der Waals surface area contributed by atoms with Gasteiger partial charge in [0.2, 0.25) is 0 Å². The largest absolute Gasteiger partial charge is 0.370 e. The number of pyridine rings is 1. The van der Waals surface area contributed by atoms with E-state index in [1.54, 1.807) is 12.4 Å². The van der Waals surface area contributed by atoms with Crippen molar-refractivity contribution < 1.29 is 0 Å². The van der Waals surface area contributed by atoms with Gasteiger partial charge in [0, 0.05) is 36.3 Å². The molecule has 0 aliphatic carbocycles. The van der Waals surface area contributed by atoms with Gasteiger partial charge in [-0.25, -0.2) is 9.97 Å². The van der Waals surface area contributed by atoms with Gasteiger partial charge in [-0.05, 0) is 50.4 Å². The molecule has 1 aliphatic heterocycles. The van der Waals surface area contributed by atoms with Crippen LogP contribution >= 0.6 is 0 Å². The van der Waals surface area contributed by atoms with E-state index in [9.17, 15) is 0 Å². The number of nitrogens with one attached hydrogen (secondary N) is 2. The van der Waals surface area contributed by atoms with Crippen LogP contribution in [-0.2, 0) is 6.42 Å². The highest BCUT2D eigenvalue weighted by Crippen LogP contribution is 2.18. The third-order valence-electron chi connectivity index (χ3n) is 4.05. The summed E-state index contributed by atoms with van der Waals surface area (Å²) in [7, 11) is 0. The minimum absolute atomic E-state index is 0.679. The maximum Gasteiger partial charge on any atom is 0.161 e. The average molecular weight is 297 g/mol. The number of aryl methyl sites for hydroxylation is 1. The zero-order valence-corrected chi connectivity index (χ0v) is 13.0. The number of aromatic nitrogens is 3. The molecule has 1 atom stereocenters. The van der Waals surface area contributed by atoms with Crippen molar-refractivity contribution in [3.8, 4) is 11.4 Å². The molecule has 116 valence electrons. The van der Waals surface area contributed by atoms with Gasteiger partial charge in [0.25, 0.3) is 0 Å². The predicted molar refractivity (Wildman–Crippen MR) is 88.7 cm³/mol. The highest BCUT2D eigenvalue weighted by molar-refractivity contribution is 5.56. The van der Waals surface area contributed by atoms with E-state index in [1.807, 2.05) is 12.1 Å². The van der Waals surface area contributed by atoms with Gasteiger partial charge in [0.05, 0.1) is 0 Å². The van der Waals surface area contributed by atoms with Crippen LogP contribution in [0.2, 0.25) is 0 Å². The smallest absolute Gasteiger partial charge is 0.161 e. The van der Waals surface area contributed by atoms with Crippen LogP contribution in [0.15, 0.2) is 30.6 Å². The molecule has 0 saturated carbocycles. The molecule has 1 saturated heterocycles. The third-order valence-corrected chi connectivity index (χ3v) is 4.05. The molecule has 5 heteroatoms. The Morgan fingerprint density at radius 3 is 2.86 bits per heavy atom. The van der Waals surface area contributed by atoms with Crippen LogP contribution in [0, 0.1) is 5.92 Å². The summed E-state index contributed by atoms with van der Waals surface area (Å²) in [5.41, 5.74) is 2.07. The van der Waals surface area contributed by atoms with Gasteiger partial charge >= 0.3 is 0 Å². The van der Waals surface area contributed by atoms with Gasteiger partial charge in [-0.2, -0.15) is 0 Å². The van der Waals surface area contributed by atoms with Crippen molar-refractivity contribution in [2.24, 2.45) is 5.92 Å². The van der Waals surface area contributed by atoms with E-state index in [0.717, 1.165) is 49.0 Å². The molecule has 0 bridgehead atoms. The fourth-order valence-electron chi connectivity index (χ4n) is 2.75. The normalized spacial score (nSPS) is 18.1. The quantitative estimate of drug-likeness (QED) is 0.888. The van der Waals surface area contributed by atoms with Gasteiger partial charge < -0.3 is 10.6 Å². The second-order valence-corrected chi connectivity index (χ2v) is 5.75. The van der Waals surface area contributed by atoms with Gasteiger partial charge in [0.15, 0.2) is 5.82 Å². The zero-order valence-electron chi connectivity index (χ0n) is 13.0. The van der Waals surface area contributed by atoms with E-state index < -0.39 is 0 Å². The lowest BCUT2D eigenvalue weighted by Gasteiger charge is -2.23. The molecule has 0 amide bonds. The summed E-state index contributed by atoms with van der Waals surface area (Å²) in [6.07, 6.45) is 7.00. The lowest BCUT2D eigenvalue weighted by atomic mass is 10.00. The van der Waals surface area contributed by atoms with Gasteiger partial charge in [0.1, 0.15) is 5.82 Å². The molecule has 2 aromatic rings. The van der Waals surface area contributed by atoms with Crippen molar-refractivity contribution in [3.63, 3.8) is 0 Å². The molecule has 1 aliphatic rings. The average Bonchev–Trinajstić information content (AvgIpc) is 2.61. The van der Waals surface area contributed by atoms with Crippen LogP contribution in [0.5, 0.6) is 0 Å². The van der Waals surface area contributed by atoms with Crippen molar-refractivity contribution in [3.05, 3.63) is 36.3 Å². The van der Waals surface area contributed by atoms with Crippen LogP contribution < -0.4 is 10.6 Å². The Morgan fingerprint density at radius 1 is 1.27 bits per heavy atom. The SMILES string of the molecule is CCc1cc(NCC2CCCNC2)nc(-c2ccncc2)n1. The zero-order chi connectivity index (χ0) is 15.2. The highest BCUT2D eigenvalue weighted by atomic mass is 15.0. The Morgan fingerprint density at radius 2 is 2.14 bits per heavy atom. The monoisotopic (exact) mass is 297 g/mol. The Balaban J connectivity index is 1.75. The number of hydrogen-bond donors (Lipinski definition) is 2. The lowest BCUT2D eigenvalue weighted by molar-refractivity contribution is 0.392. The van der Waals surface area contributed by atoms with Crippen molar-refractivity contribution in [1.29, 1.82) is 0 Å². The standard InChI is InChI=1S/C17H23N5/c1-2-15-10-16(20-12-13-4-3-7-19-11-13)22-17(21-15)14-5-8-18-9-6-14/h5-6,8-10,13,19H,2-4,7,11-12H2,1H3,(H,20,21,22). The first kappa shape index (κ1) is 14.9. The van der Waals surface area contributed by atoms with Crippen LogP contribution in [0.3, 0.4) is 0 Å². The first-order valence-corrected chi connectivity index (χ1v) is 8.08. The molecule has 0 radical (unpaired) electrons. The van der Waals surface area contributed by atoms with E-state index >= 15 is 0 Å². The molecule has 3 heterocycles. The number of rotatable bonds is 5. The number of hydrogen-bond acceptors (Lipinski definition) is 5.